The molecule has 0 aliphatic carbocycles. The third-order valence-electron chi connectivity index (χ3n) is 4.80. The van der Waals surface area contributed by atoms with Gasteiger partial charge in [0.25, 0.3) is 0 Å². The lowest BCUT2D eigenvalue weighted by atomic mass is 9.89. The Bertz CT molecular complexity index is 889. The fourth-order valence-corrected chi connectivity index (χ4v) is 3.51. The maximum absolute atomic E-state index is 12.3. The van der Waals surface area contributed by atoms with E-state index in [0.29, 0.717) is 13.2 Å². The molecule has 2 atom stereocenters. The summed E-state index contributed by atoms with van der Waals surface area (Å²) in [5.74, 6) is -0.700. The maximum Gasteiger partial charge on any atom is 0.323 e. The van der Waals surface area contributed by atoms with E-state index in [-0.39, 0.29) is 5.92 Å². The zero-order chi connectivity index (χ0) is 19.2. The van der Waals surface area contributed by atoms with Gasteiger partial charge in [0, 0.05) is 30.1 Å². The molecule has 1 heterocycles. The molecule has 0 spiro atoms. The lowest BCUT2D eigenvalue weighted by Crippen LogP contribution is -2.40. The number of rotatable bonds is 8. The second-order valence-electron chi connectivity index (χ2n) is 6.59. The summed E-state index contributed by atoms with van der Waals surface area (Å²) in [4.78, 5) is 15.6. The number of esters is 1. The fraction of sp³-hybridized carbons (Fsp3) is 0.318. The number of nitrogens with two attached hydrogens (primary N) is 1. The summed E-state index contributed by atoms with van der Waals surface area (Å²) in [6, 6.07) is 15.7. The lowest BCUT2D eigenvalue weighted by Gasteiger charge is -2.22. The molecule has 0 saturated heterocycles. The molecule has 3 N–H and O–H groups in total. The van der Waals surface area contributed by atoms with Crippen LogP contribution in [0.15, 0.2) is 54.7 Å². The SMILES string of the molecule is CCOC(=O)C(N)C(COC)c1c[nH]c2cccc(Cc3ccccc3)c12. The van der Waals surface area contributed by atoms with Crippen molar-refractivity contribution < 1.29 is 14.3 Å². The standard InChI is InChI=1S/C22H26N2O3/c1-3-27-22(25)21(23)18(14-26-2)17-13-24-19-11-7-10-16(20(17)19)12-15-8-5-4-6-9-15/h4-11,13,18,21,24H,3,12,14,23H2,1-2H3. The molecule has 142 valence electrons. The largest absolute Gasteiger partial charge is 0.465 e. The summed E-state index contributed by atoms with van der Waals surface area (Å²) < 4.78 is 10.5. The van der Waals surface area contributed by atoms with Crippen LogP contribution >= 0.6 is 0 Å². The van der Waals surface area contributed by atoms with Crippen LogP contribution in [0.5, 0.6) is 0 Å². The van der Waals surface area contributed by atoms with E-state index in [0.717, 1.165) is 22.9 Å². The molecule has 1 aromatic heterocycles. The molecule has 0 bridgehead atoms. The third kappa shape index (κ3) is 4.21. The lowest BCUT2D eigenvalue weighted by molar-refractivity contribution is -0.145. The predicted molar refractivity (Wildman–Crippen MR) is 107 cm³/mol. The van der Waals surface area contributed by atoms with Crippen molar-refractivity contribution in [2.75, 3.05) is 20.3 Å². The summed E-state index contributed by atoms with van der Waals surface area (Å²) in [5.41, 5.74) is 10.7. The highest BCUT2D eigenvalue weighted by Gasteiger charge is 2.30. The minimum atomic E-state index is -0.784. The van der Waals surface area contributed by atoms with Crippen molar-refractivity contribution in [2.24, 2.45) is 5.73 Å². The van der Waals surface area contributed by atoms with Crippen LogP contribution < -0.4 is 5.73 Å². The van der Waals surface area contributed by atoms with Crippen molar-refractivity contribution in [3.8, 4) is 0 Å². The number of H-pyrrole nitrogens is 1. The monoisotopic (exact) mass is 366 g/mol. The summed E-state index contributed by atoms with van der Waals surface area (Å²) in [7, 11) is 1.62. The van der Waals surface area contributed by atoms with E-state index < -0.39 is 12.0 Å². The number of methoxy groups -OCH3 is 1. The van der Waals surface area contributed by atoms with E-state index in [1.54, 1.807) is 14.0 Å². The quantitative estimate of drug-likeness (QED) is 0.599. The molecule has 27 heavy (non-hydrogen) atoms. The van der Waals surface area contributed by atoms with Gasteiger partial charge in [-0.3, -0.25) is 4.79 Å². The number of carbonyl (C=O) groups excluding carboxylic acids is 1. The molecule has 0 saturated carbocycles. The van der Waals surface area contributed by atoms with Crippen LogP contribution in [0.1, 0.15) is 29.5 Å². The number of aromatic nitrogens is 1. The van der Waals surface area contributed by atoms with E-state index in [4.69, 9.17) is 15.2 Å². The van der Waals surface area contributed by atoms with Gasteiger partial charge in [-0.1, -0.05) is 42.5 Å². The molecular weight excluding hydrogens is 340 g/mol. The number of hydrogen-bond donors (Lipinski definition) is 2. The Kier molecular flexibility index (Phi) is 6.27. The van der Waals surface area contributed by atoms with E-state index in [1.165, 1.54) is 11.1 Å². The zero-order valence-electron chi connectivity index (χ0n) is 15.8. The Balaban J connectivity index is 2.03. The van der Waals surface area contributed by atoms with Gasteiger partial charge in [-0.25, -0.2) is 0 Å². The zero-order valence-corrected chi connectivity index (χ0v) is 15.8. The first kappa shape index (κ1) is 19.1. The average molecular weight is 366 g/mol. The second kappa shape index (κ2) is 8.84. The van der Waals surface area contributed by atoms with Gasteiger partial charge in [-0.2, -0.15) is 0 Å². The number of hydrogen-bond acceptors (Lipinski definition) is 4. The van der Waals surface area contributed by atoms with Crippen LogP contribution in [0, 0.1) is 0 Å². The Hall–Kier alpha value is -2.63. The number of benzene rings is 2. The topological polar surface area (TPSA) is 77.3 Å². The molecule has 3 aromatic rings. The van der Waals surface area contributed by atoms with Crippen LogP contribution in [0.2, 0.25) is 0 Å². The van der Waals surface area contributed by atoms with Gasteiger partial charge in [0.1, 0.15) is 6.04 Å². The number of fused-ring (bicyclic) bond motifs is 1. The van der Waals surface area contributed by atoms with Gasteiger partial charge in [0.05, 0.1) is 13.2 Å². The normalized spacial score (nSPS) is 13.4. The Morgan fingerprint density at radius 3 is 2.63 bits per heavy atom. The van der Waals surface area contributed by atoms with Crippen molar-refractivity contribution in [3.63, 3.8) is 0 Å². The van der Waals surface area contributed by atoms with E-state index in [2.05, 4.69) is 23.2 Å². The number of nitrogens with one attached hydrogen (secondary N) is 1. The van der Waals surface area contributed by atoms with Crippen LogP contribution in [0.4, 0.5) is 0 Å². The van der Waals surface area contributed by atoms with E-state index in [9.17, 15) is 4.79 Å². The highest BCUT2D eigenvalue weighted by Crippen LogP contribution is 2.32. The summed E-state index contributed by atoms with van der Waals surface area (Å²) in [5, 5.41) is 1.10. The van der Waals surface area contributed by atoms with Crippen molar-refractivity contribution >= 4 is 16.9 Å². The Labute approximate surface area is 159 Å². The number of carbonyl (C=O) groups is 1. The van der Waals surface area contributed by atoms with E-state index in [1.807, 2.05) is 36.5 Å². The summed E-state index contributed by atoms with van der Waals surface area (Å²) in [6.45, 7) is 2.42. The van der Waals surface area contributed by atoms with Crippen molar-refractivity contribution in [1.82, 2.24) is 4.98 Å². The first-order valence-electron chi connectivity index (χ1n) is 9.19. The van der Waals surface area contributed by atoms with Crippen LogP contribution in [0.3, 0.4) is 0 Å². The van der Waals surface area contributed by atoms with Gasteiger partial charge in [0.2, 0.25) is 0 Å². The molecule has 0 amide bonds. The van der Waals surface area contributed by atoms with Crippen LogP contribution in [0.25, 0.3) is 10.9 Å². The highest BCUT2D eigenvalue weighted by atomic mass is 16.5. The maximum atomic E-state index is 12.3. The molecule has 5 heteroatoms. The molecule has 0 fully saturated rings. The van der Waals surface area contributed by atoms with Crippen molar-refractivity contribution in [1.29, 1.82) is 0 Å². The van der Waals surface area contributed by atoms with Gasteiger partial charge >= 0.3 is 5.97 Å². The van der Waals surface area contributed by atoms with E-state index >= 15 is 0 Å². The Morgan fingerprint density at radius 1 is 1.15 bits per heavy atom. The highest BCUT2D eigenvalue weighted by molar-refractivity contribution is 5.89. The summed E-state index contributed by atoms with van der Waals surface area (Å²) in [6.07, 6.45) is 2.74. The molecule has 5 nitrogen and oxygen atoms in total. The smallest absolute Gasteiger partial charge is 0.323 e. The second-order valence-corrected chi connectivity index (χ2v) is 6.59. The Morgan fingerprint density at radius 2 is 1.93 bits per heavy atom. The van der Waals surface area contributed by atoms with Gasteiger partial charge in [-0.15, -0.1) is 0 Å². The molecule has 2 aromatic carbocycles. The molecule has 0 aliphatic heterocycles. The third-order valence-corrected chi connectivity index (χ3v) is 4.80. The molecule has 0 radical (unpaired) electrons. The fourth-order valence-electron chi connectivity index (χ4n) is 3.51. The van der Waals surface area contributed by atoms with Crippen molar-refractivity contribution in [3.05, 3.63) is 71.4 Å². The van der Waals surface area contributed by atoms with Crippen LogP contribution in [-0.2, 0) is 20.7 Å². The summed E-state index contributed by atoms with van der Waals surface area (Å²) >= 11 is 0. The van der Waals surface area contributed by atoms with Crippen molar-refractivity contribution in [2.45, 2.75) is 25.3 Å². The van der Waals surface area contributed by atoms with Gasteiger partial charge < -0.3 is 20.2 Å². The predicted octanol–water partition coefficient (Wildman–Crippen LogP) is 3.38. The molecule has 0 aliphatic rings. The van der Waals surface area contributed by atoms with Crippen LogP contribution in [-0.4, -0.2) is 37.3 Å². The van der Waals surface area contributed by atoms with Gasteiger partial charge in [0.15, 0.2) is 0 Å². The number of ether oxygens (including phenoxy) is 2. The first-order chi connectivity index (χ1) is 13.2. The molecule has 3 rings (SSSR count). The minimum Gasteiger partial charge on any atom is -0.465 e. The number of aromatic amines is 1. The first-order valence-corrected chi connectivity index (χ1v) is 9.19. The molecule has 2 unspecified atom stereocenters. The van der Waals surface area contributed by atoms with Gasteiger partial charge in [-0.05, 0) is 36.1 Å². The molecular formula is C22H26N2O3. The minimum absolute atomic E-state index is 0.292. The average Bonchev–Trinajstić information content (AvgIpc) is 3.11.